The van der Waals surface area contributed by atoms with Gasteiger partial charge >= 0.3 is 0 Å². The van der Waals surface area contributed by atoms with Crippen LogP contribution in [0.2, 0.25) is 0 Å². The normalized spacial score (nSPS) is 15.3. The van der Waals surface area contributed by atoms with Crippen LogP contribution >= 0.6 is 12.2 Å². The summed E-state index contributed by atoms with van der Waals surface area (Å²) in [5.41, 5.74) is 3.61. The zero-order chi connectivity index (χ0) is 23.7. The Bertz CT molecular complexity index is 1440. The smallest absolute Gasteiger partial charge is 0.265 e. The van der Waals surface area contributed by atoms with E-state index in [0.29, 0.717) is 12.1 Å². The van der Waals surface area contributed by atoms with Crippen LogP contribution in [0.1, 0.15) is 16.7 Å². The van der Waals surface area contributed by atoms with Crippen LogP contribution in [-0.2, 0) is 22.7 Å². The Morgan fingerprint density at radius 3 is 2.29 bits per heavy atom. The molecule has 5 rings (SSSR count). The molecular formula is C27H20FN3O2S. The van der Waals surface area contributed by atoms with Gasteiger partial charge in [0.05, 0.1) is 6.54 Å². The van der Waals surface area contributed by atoms with E-state index < -0.39 is 11.8 Å². The second-order valence-electron chi connectivity index (χ2n) is 8.05. The summed E-state index contributed by atoms with van der Waals surface area (Å²) >= 11 is 5.25. The molecule has 1 aliphatic rings. The first-order chi connectivity index (χ1) is 16.5. The molecule has 1 saturated heterocycles. The van der Waals surface area contributed by atoms with E-state index in [9.17, 15) is 14.0 Å². The molecule has 5 nitrogen and oxygen atoms in total. The highest BCUT2D eigenvalue weighted by molar-refractivity contribution is 7.80. The van der Waals surface area contributed by atoms with E-state index in [4.69, 9.17) is 12.2 Å². The van der Waals surface area contributed by atoms with Crippen LogP contribution in [0.3, 0.4) is 0 Å². The predicted octanol–water partition coefficient (Wildman–Crippen LogP) is 4.66. The number of carbonyl (C=O) groups is 2. The van der Waals surface area contributed by atoms with Gasteiger partial charge in [-0.15, -0.1) is 0 Å². The van der Waals surface area contributed by atoms with Crippen LogP contribution in [0.4, 0.5) is 4.39 Å². The average Bonchev–Trinajstić information content (AvgIpc) is 3.18. The highest BCUT2D eigenvalue weighted by atomic mass is 32.1. The van der Waals surface area contributed by atoms with Crippen LogP contribution in [0.15, 0.2) is 90.6 Å². The van der Waals surface area contributed by atoms with Gasteiger partial charge in [-0.3, -0.25) is 19.8 Å². The molecule has 4 aromatic rings. The summed E-state index contributed by atoms with van der Waals surface area (Å²) in [6.45, 7) is 0.788. The van der Waals surface area contributed by atoms with E-state index in [0.717, 1.165) is 22.0 Å². The second kappa shape index (κ2) is 9.03. The fraction of sp³-hybridized carbons (Fsp3) is 0.0741. The average molecular weight is 470 g/mol. The summed E-state index contributed by atoms with van der Waals surface area (Å²) in [5, 5.41) is 3.57. The quantitative estimate of drug-likeness (QED) is 0.263. The number of para-hydroxylation sites is 1. The van der Waals surface area contributed by atoms with Crippen molar-refractivity contribution in [2.75, 3.05) is 0 Å². The fourth-order valence-corrected chi connectivity index (χ4v) is 4.31. The van der Waals surface area contributed by atoms with Gasteiger partial charge in [0, 0.05) is 29.2 Å². The molecule has 7 heteroatoms. The molecule has 0 bridgehead atoms. The van der Waals surface area contributed by atoms with Gasteiger partial charge in [-0.1, -0.05) is 60.7 Å². The molecule has 1 aliphatic heterocycles. The van der Waals surface area contributed by atoms with Crippen LogP contribution < -0.4 is 5.32 Å². The van der Waals surface area contributed by atoms with Crippen molar-refractivity contribution in [1.29, 1.82) is 0 Å². The Hall–Kier alpha value is -4.10. The third-order valence-corrected chi connectivity index (χ3v) is 6.08. The van der Waals surface area contributed by atoms with Crippen LogP contribution in [0.5, 0.6) is 0 Å². The third-order valence-electron chi connectivity index (χ3n) is 5.75. The number of aromatic nitrogens is 1. The lowest BCUT2D eigenvalue weighted by molar-refractivity contribution is -0.129. The van der Waals surface area contributed by atoms with Gasteiger partial charge in [-0.05, 0) is 47.6 Å². The molecule has 3 aromatic carbocycles. The summed E-state index contributed by atoms with van der Waals surface area (Å²) in [7, 11) is 0. The topological polar surface area (TPSA) is 54.3 Å². The minimum Gasteiger partial charge on any atom is -0.342 e. The Kier molecular flexibility index (Phi) is 5.77. The maximum atomic E-state index is 13.3. The van der Waals surface area contributed by atoms with E-state index in [2.05, 4.69) is 22.0 Å². The zero-order valence-electron chi connectivity index (χ0n) is 18.1. The Balaban J connectivity index is 1.51. The van der Waals surface area contributed by atoms with Crippen molar-refractivity contribution in [3.8, 4) is 0 Å². The van der Waals surface area contributed by atoms with E-state index in [1.165, 1.54) is 17.0 Å². The molecule has 168 valence electrons. The van der Waals surface area contributed by atoms with Crippen LogP contribution in [-0.4, -0.2) is 26.4 Å². The number of hydrogen-bond donors (Lipinski definition) is 1. The van der Waals surface area contributed by atoms with Crippen molar-refractivity contribution in [3.05, 3.63) is 113 Å². The lowest BCUT2D eigenvalue weighted by Crippen LogP contribution is -2.53. The lowest BCUT2D eigenvalue weighted by Gasteiger charge is -2.29. The summed E-state index contributed by atoms with van der Waals surface area (Å²) in [6, 6.07) is 23.8. The number of nitrogens with one attached hydrogen (secondary N) is 1. The summed E-state index contributed by atoms with van der Waals surface area (Å²) < 4.78 is 15.4. The molecular weight excluding hydrogens is 449 g/mol. The van der Waals surface area contributed by atoms with Gasteiger partial charge in [-0.25, -0.2) is 4.39 Å². The van der Waals surface area contributed by atoms with Crippen molar-refractivity contribution in [2.24, 2.45) is 0 Å². The highest BCUT2D eigenvalue weighted by Gasteiger charge is 2.33. The fourth-order valence-electron chi connectivity index (χ4n) is 4.07. The van der Waals surface area contributed by atoms with Crippen molar-refractivity contribution in [3.63, 3.8) is 0 Å². The monoisotopic (exact) mass is 469 g/mol. The standard InChI is InChI=1S/C27H20FN3O2S/c28-21-12-10-19(11-13-21)16-31-26(33)23(25(32)29-27(31)34)14-20-17-30(15-18-6-2-1-3-7-18)24-9-5-4-8-22(20)24/h1-14,17H,15-16H2,(H,29,32,34)/b23-14-. The Morgan fingerprint density at radius 2 is 1.53 bits per heavy atom. The lowest BCUT2D eigenvalue weighted by atomic mass is 10.1. The van der Waals surface area contributed by atoms with Gasteiger partial charge < -0.3 is 4.57 Å². The molecule has 0 radical (unpaired) electrons. The summed E-state index contributed by atoms with van der Waals surface area (Å²) in [6.07, 6.45) is 3.56. The maximum Gasteiger partial charge on any atom is 0.265 e. The number of nitrogens with zero attached hydrogens (tertiary/aromatic N) is 2. The number of carbonyl (C=O) groups excluding carboxylic acids is 2. The SMILES string of the molecule is O=C1NC(=S)N(Cc2ccc(F)cc2)C(=O)/C1=C\c1cn(Cc2ccccc2)c2ccccc12. The number of hydrogen-bond acceptors (Lipinski definition) is 3. The summed E-state index contributed by atoms with van der Waals surface area (Å²) in [4.78, 5) is 27.3. The minimum atomic E-state index is -0.537. The van der Waals surface area contributed by atoms with E-state index >= 15 is 0 Å². The third kappa shape index (κ3) is 4.25. The van der Waals surface area contributed by atoms with Gasteiger partial charge in [0.15, 0.2) is 5.11 Å². The van der Waals surface area contributed by atoms with Crippen molar-refractivity contribution < 1.29 is 14.0 Å². The molecule has 2 heterocycles. The minimum absolute atomic E-state index is 0.00155. The number of benzene rings is 3. The molecule has 1 aromatic heterocycles. The first kappa shape index (κ1) is 21.7. The number of rotatable bonds is 5. The molecule has 0 atom stereocenters. The second-order valence-corrected chi connectivity index (χ2v) is 8.44. The van der Waals surface area contributed by atoms with Crippen molar-refractivity contribution in [2.45, 2.75) is 13.1 Å². The molecule has 0 saturated carbocycles. The number of halogens is 1. The van der Waals surface area contributed by atoms with Gasteiger partial charge in [0.1, 0.15) is 11.4 Å². The largest absolute Gasteiger partial charge is 0.342 e. The molecule has 1 N–H and O–H groups in total. The van der Waals surface area contributed by atoms with Crippen LogP contribution in [0, 0.1) is 5.82 Å². The molecule has 34 heavy (non-hydrogen) atoms. The predicted molar refractivity (Wildman–Crippen MR) is 133 cm³/mol. The van der Waals surface area contributed by atoms with Gasteiger partial charge in [0.25, 0.3) is 11.8 Å². The highest BCUT2D eigenvalue weighted by Crippen LogP contribution is 2.26. The van der Waals surface area contributed by atoms with Gasteiger partial charge in [0.2, 0.25) is 0 Å². The molecule has 0 unspecified atom stereocenters. The van der Waals surface area contributed by atoms with Gasteiger partial charge in [-0.2, -0.15) is 0 Å². The first-order valence-electron chi connectivity index (χ1n) is 10.7. The zero-order valence-corrected chi connectivity index (χ0v) is 18.9. The molecule has 0 aliphatic carbocycles. The van der Waals surface area contributed by atoms with E-state index in [-0.39, 0.29) is 23.0 Å². The maximum absolute atomic E-state index is 13.3. The molecule has 0 spiro atoms. The molecule has 2 amide bonds. The van der Waals surface area contributed by atoms with E-state index in [1.807, 2.05) is 48.7 Å². The molecule has 1 fully saturated rings. The number of thiocarbonyl (C=S) groups is 1. The Labute approximate surface area is 201 Å². The van der Waals surface area contributed by atoms with Crippen molar-refractivity contribution >= 4 is 46.1 Å². The number of amides is 2. The van der Waals surface area contributed by atoms with E-state index in [1.54, 1.807) is 18.2 Å². The number of fused-ring (bicyclic) bond motifs is 1. The first-order valence-corrected chi connectivity index (χ1v) is 11.2. The van der Waals surface area contributed by atoms with Crippen molar-refractivity contribution in [1.82, 2.24) is 14.8 Å². The summed E-state index contributed by atoms with van der Waals surface area (Å²) in [5.74, 6) is -1.39. The van der Waals surface area contributed by atoms with Crippen LogP contribution in [0.25, 0.3) is 17.0 Å². The Morgan fingerprint density at radius 1 is 0.853 bits per heavy atom.